The van der Waals surface area contributed by atoms with E-state index in [0.29, 0.717) is 16.9 Å². The third-order valence-electron chi connectivity index (χ3n) is 6.02. The molecule has 0 saturated heterocycles. The Morgan fingerprint density at radius 1 is 1.00 bits per heavy atom. The molecule has 0 bridgehead atoms. The second kappa shape index (κ2) is 7.78. The maximum absolute atomic E-state index is 13.4. The highest BCUT2D eigenvalue weighted by molar-refractivity contribution is 5.76. The lowest BCUT2D eigenvalue weighted by atomic mass is 10.1. The van der Waals surface area contributed by atoms with Crippen LogP contribution in [-0.2, 0) is 13.6 Å². The van der Waals surface area contributed by atoms with Crippen LogP contribution < -0.4 is 11.2 Å². The Hall–Kier alpha value is -4.13. The highest BCUT2D eigenvalue weighted by Gasteiger charge is 2.21. The molecule has 7 heteroatoms. The lowest BCUT2D eigenvalue weighted by Crippen LogP contribution is -2.39. The summed E-state index contributed by atoms with van der Waals surface area (Å²) < 4.78 is 6.52. The minimum Gasteiger partial charge on any atom is -0.283 e. The van der Waals surface area contributed by atoms with Crippen molar-refractivity contribution in [2.24, 2.45) is 7.05 Å². The number of rotatable bonds is 4. The van der Waals surface area contributed by atoms with Gasteiger partial charge in [-0.2, -0.15) is 4.98 Å². The molecular formula is C26H25N5O2. The second-order valence-electron chi connectivity index (χ2n) is 8.42. The van der Waals surface area contributed by atoms with E-state index in [9.17, 15) is 9.59 Å². The van der Waals surface area contributed by atoms with E-state index in [0.717, 1.165) is 22.5 Å². The van der Waals surface area contributed by atoms with Crippen LogP contribution in [0.1, 0.15) is 22.4 Å². The highest BCUT2D eigenvalue weighted by atomic mass is 16.2. The number of benzene rings is 2. The molecule has 0 atom stereocenters. The van der Waals surface area contributed by atoms with E-state index in [2.05, 4.69) is 32.0 Å². The average Bonchev–Trinajstić information content (AvgIpc) is 3.30. The first kappa shape index (κ1) is 20.8. The van der Waals surface area contributed by atoms with Crippen LogP contribution in [0.25, 0.3) is 28.7 Å². The number of imidazole rings is 2. The monoisotopic (exact) mass is 439 g/mol. The molecule has 0 saturated carbocycles. The van der Waals surface area contributed by atoms with Gasteiger partial charge in [0.1, 0.15) is 0 Å². The fraction of sp³-hybridized carbons (Fsp3) is 0.192. The van der Waals surface area contributed by atoms with E-state index in [4.69, 9.17) is 4.98 Å². The minimum atomic E-state index is -0.388. The number of fused-ring (bicyclic) bond motifs is 3. The summed E-state index contributed by atoms with van der Waals surface area (Å²) in [4.78, 5) is 31.2. The summed E-state index contributed by atoms with van der Waals surface area (Å²) in [7, 11) is 1.66. The van der Waals surface area contributed by atoms with Gasteiger partial charge in [0.2, 0.25) is 5.78 Å². The quantitative estimate of drug-likeness (QED) is 0.428. The lowest BCUT2D eigenvalue weighted by molar-refractivity contribution is 0.667. The fourth-order valence-electron chi connectivity index (χ4n) is 4.38. The van der Waals surface area contributed by atoms with Crippen molar-refractivity contribution in [2.75, 3.05) is 0 Å². The van der Waals surface area contributed by atoms with Crippen molar-refractivity contribution in [1.82, 2.24) is 23.1 Å². The van der Waals surface area contributed by atoms with Gasteiger partial charge in [-0.1, -0.05) is 60.2 Å². The molecule has 0 spiro atoms. The molecule has 5 rings (SSSR count). The minimum absolute atomic E-state index is 0.181. The van der Waals surface area contributed by atoms with Gasteiger partial charge in [0.15, 0.2) is 11.2 Å². The van der Waals surface area contributed by atoms with Crippen LogP contribution in [0, 0.1) is 20.8 Å². The summed E-state index contributed by atoms with van der Waals surface area (Å²) >= 11 is 0. The molecule has 2 aromatic carbocycles. The zero-order valence-corrected chi connectivity index (χ0v) is 19.1. The first-order valence-corrected chi connectivity index (χ1v) is 10.9. The number of allylic oxidation sites excluding steroid dienone is 1. The third kappa shape index (κ3) is 3.33. The van der Waals surface area contributed by atoms with Crippen molar-refractivity contribution in [2.45, 2.75) is 27.3 Å². The third-order valence-corrected chi connectivity index (χ3v) is 6.02. The van der Waals surface area contributed by atoms with Gasteiger partial charge in [0.05, 0.1) is 5.69 Å². The van der Waals surface area contributed by atoms with Crippen molar-refractivity contribution >= 4 is 23.0 Å². The Labute approximate surface area is 190 Å². The summed E-state index contributed by atoms with van der Waals surface area (Å²) in [6, 6.07) is 16.0. The second-order valence-corrected chi connectivity index (χ2v) is 8.42. The van der Waals surface area contributed by atoms with E-state index in [1.54, 1.807) is 11.4 Å². The Morgan fingerprint density at radius 3 is 2.48 bits per heavy atom. The van der Waals surface area contributed by atoms with Crippen molar-refractivity contribution in [3.63, 3.8) is 0 Å². The number of aryl methyl sites for hydroxylation is 4. The Morgan fingerprint density at radius 2 is 1.76 bits per heavy atom. The summed E-state index contributed by atoms with van der Waals surface area (Å²) in [5.74, 6) is 0.610. The molecule has 0 fully saturated rings. The molecule has 0 aliphatic carbocycles. The maximum atomic E-state index is 13.4. The topological polar surface area (TPSA) is 66.2 Å². The van der Waals surface area contributed by atoms with Gasteiger partial charge in [-0.15, -0.1) is 0 Å². The lowest BCUT2D eigenvalue weighted by Gasteiger charge is -2.10. The number of hydrogen-bond donors (Lipinski definition) is 0. The van der Waals surface area contributed by atoms with Gasteiger partial charge < -0.3 is 0 Å². The summed E-state index contributed by atoms with van der Waals surface area (Å²) in [6.07, 6.45) is 5.64. The molecular weight excluding hydrogens is 414 g/mol. The molecule has 0 unspecified atom stereocenters. The van der Waals surface area contributed by atoms with Crippen LogP contribution in [-0.4, -0.2) is 23.1 Å². The van der Waals surface area contributed by atoms with Crippen LogP contribution in [0.4, 0.5) is 0 Å². The number of hydrogen-bond acceptors (Lipinski definition) is 3. The fourth-order valence-corrected chi connectivity index (χ4v) is 4.38. The molecule has 3 aromatic heterocycles. The zero-order chi connectivity index (χ0) is 23.3. The molecule has 0 amide bonds. The van der Waals surface area contributed by atoms with E-state index in [1.165, 1.54) is 14.7 Å². The predicted octanol–water partition coefficient (Wildman–Crippen LogP) is 3.78. The molecule has 0 N–H and O–H groups in total. The van der Waals surface area contributed by atoms with Gasteiger partial charge in [-0.05, 0) is 38.0 Å². The van der Waals surface area contributed by atoms with E-state index >= 15 is 0 Å². The van der Waals surface area contributed by atoms with Gasteiger partial charge in [-0.25, -0.2) is 4.79 Å². The van der Waals surface area contributed by atoms with Gasteiger partial charge in [0.25, 0.3) is 5.56 Å². The summed E-state index contributed by atoms with van der Waals surface area (Å²) in [5, 5.41) is 0. The van der Waals surface area contributed by atoms with Crippen molar-refractivity contribution < 1.29 is 0 Å². The molecule has 0 aliphatic heterocycles. The van der Waals surface area contributed by atoms with Crippen molar-refractivity contribution in [1.29, 1.82) is 0 Å². The van der Waals surface area contributed by atoms with Crippen molar-refractivity contribution in [3.8, 4) is 5.69 Å². The van der Waals surface area contributed by atoms with Crippen LogP contribution in [0.3, 0.4) is 0 Å². The SMILES string of the molecule is Cc1ccc(-n2c(C)cn3c4c(=O)n(C/C=C\c5ccccc5)c(=O)n(C)c4nc23)c(C)c1. The Bertz CT molecular complexity index is 1660. The van der Waals surface area contributed by atoms with Crippen LogP contribution in [0.15, 0.2) is 70.4 Å². The average molecular weight is 440 g/mol. The molecule has 33 heavy (non-hydrogen) atoms. The van der Waals surface area contributed by atoms with Crippen LogP contribution in [0.5, 0.6) is 0 Å². The molecule has 166 valence electrons. The summed E-state index contributed by atoms with van der Waals surface area (Å²) in [5.41, 5.74) is 5.29. The molecule has 0 aliphatic rings. The first-order chi connectivity index (χ1) is 15.9. The zero-order valence-electron chi connectivity index (χ0n) is 19.1. The molecule has 5 aromatic rings. The number of nitrogens with zero attached hydrogens (tertiary/aromatic N) is 5. The van der Waals surface area contributed by atoms with Gasteiger partial charge >= 0.3 is 5.69 Å². The van der Waals surface area contributed by atoms with E-state index in [-0.39, 0.29) is 17.8 Å². The first-order valence-electron chi connectivity index (χ1n) is 10.9. The number of aromatic nitrogens is 5. The molecule has 3 heterocycles. The molecule has 7 nitrogen and oxygen atoms in total. The van der Waals surface area contributed by atoms with Crippen molar-refractivity contribution in [3.05, 3.63) is 104 Å². The molecule has 0 radical (unpaired) electrons. The predicted molar refractivity (Wildman–Crippen MR) is 131 cm³/mol. The largest absolute Gasteiger partial charge is 0.332 e. The normalized spacial score (nSPS) is 11.9. The standard InChI is InChI=1S/C26H25N5O2/c1-17-12-13-21(18(2)15-17)31-19(3)16-30-22-23(27-25(30)31)28(4)26(33)29(24(22)32)14-8-11-20-9-6-5-7-10-20/h5-13,15-16H,14H2,1-4H3/b11-8-. The van der Waals surface area contributed by atoms with Gasteiger partial charge in [-0.3, -0.25) is 22.9 Å². The van der Waals surface area contributed by atoms with E-state index in [1.807, 2.05) is 60.2 Å². The highest BCUT2D eigenvalue weighted by Crippen LogP contribution is 2.23. The Balaban J connectivity index is 1.70. The van der Waals surface area contributed by atoms with Crippen LogP contribution in [0.2, 0.25) is 0 Å². The van der Waals surface area contributed by atoms with E-state index < -0.39 is 0 Å². The Kier molecular flexibility index (Phi) is 4.89. The maximum Gasteiger partial charge on any atom is 0.332 e. The van der Waals surface area contributed by atoms with Crippen LogP contribution >= 0.6 is 0 Å². The summed E-state index contributed by atoms with van der Waals surface area (Å²) in [6.45, 7) is 6.29. The van der Waals surface area contributed by atoms with Gasteiger partial charge in [0, 0.05) is 25.5 Å². The smallest absolute Gasteiger partial charge is 0.283 e.